The standard InChI is InChI=1S/C13H20F2N2O3/c1-3-17(4-2)8-9-5-6-11(20-9)13(19)16-7-10(18)12(14)15/h5-6,10,12,18H,3-4,7-8H2,1-2H3,(H,16,19). The number of rotatable bonds is 8. The van der Waals surface area contributed by atoms with Gasteiger partial charge in [-0.3, -0.25) is 9.69 Å². The van der Waals surface area contributed by atoms with Crippen LogP contribution < -0.4 is 5.32 Å². The van der Waals surface area contributed by atoms with Crippen LogP contribution in [0.15, 0.2) is 16.5 Å². The molecule has 2 N–H and O–H groups in total. The van der Waals surface area contributed by atoms with Crippen molar-refractivity contribution in [2.75, 3.05) is 19.6 Å². The van der Waals surface area contributed by atoms with Crippen molar-refractivity contribution in [1.29, 1.82) is 0 Å². The molecule has 7 heteroatoms. The van der Waals surface area contributed by atoms with Crippen LogP contribution >= 0.6 is 0 Å². The lowest BCUT2D eigenvalue weighted by Gasteiger charge is -2.15. The summed E-state index contributed by atoms with van der Waals surface area (Å²) in [5.41, 5.74) is 0. The van der Waals surface area contributed by atoms with Crippen molar-refractivity contribution < 1.29 is 23.1 Å². The summed E-state index contributed by atoms with van der Waals surface area (Å²) in [5.74, 6) is 0.0670. The smallest absolute Gasteiger partial charge is 0.287 e. The van der Waals surface area contributed by atoms with Crippen molar-refractivity contribution in [2.45, 2.75) is 32.9 Å². The summed E-state index contributed by atoms with van der Waals surface area (Å²) in [4.78, 5) is 13.7. The molecule has 0 bridgehead atoms. The molecule has 1 amide bonds. The highest BCUT2D eigenvalue weighted by atomic mass is 19.3. The van der Waals surface area contributed by atoms with Gasteiger partial charge in [-0.25, -0.2) is 8.78 Å². The highest BCUT2D eigenvalue weighted by molar-refractivity contribution is 5.91. The van der Waals surface area contributed by atoms with Gasteiger partial charge in [0, 0.05) is 6.54 Å². The van der Waals surface area contributed by atoms with Gasteiger partial charge >= 0.3 is 0 Å². The Morgan fingerprint density at radius 1 is 1.40 bits per heavy atom. The summed E-state index contributed by atoms with van der Waals surface area (Å²) in [5, 5.41) is 11.1. The first-order valence-corrected chi connectivity index (χ1v) is 6.53. The first-order valence-electron chi connectivity index (χ1n) is 6.53. The second-order valence-electron chi connectivity index (χ2n) is 4.34. The van der Waals surface area contributed by atoms with Gasteiger partial charge in [0.25, 0.3) is 12.3 Å². The molecule has 5 nitrogen and oxygen atoms in total. The molecule has 0 spiro atoms. The normalized spacial score (nSPS) is 12.9. The lowest BCUT2D eigenvalue weighted by Crippen LogP contribution is -2.35. The predicted molar refractivity (Wildman–Crippen MR) is 69.7 cm³/mol. The summed E-state index contributed by atoms with van der Waals surface area (Å²) >= 11 is 0. The average Bonchev–Trinajstić information content (AvgIpc) is 2.90. The van der Waals surface area contributed by atoms with E-state index in [0.29, 0.717) is 12.3 Å². The topological polar surface area (TPSA) is 65.7 Å². The highest BCUT2D eigenvalue weighted by Gasteiger charge is 2.19. The number of aliphatic hydroxyl groups is 1. The van der Waals surface area contributed by atoms with Crippen molar-refractivity contribution in [3.63, 3.8) is 0 Å². The number of halogens is 2. The highest BCUT2D eigenvalue weighted by Crippen LogP contribution is 2.10. The molecule has 0 fully saturated rings. The monoisotopic (exact) mass is 290 g/mol. The molecule has 0 aliphatic rings. The van der Waals surface area contributed by atoms with Crippen LogP contribution in [0.4, 0.5) is 8.78 Å². The zero-order valence-corrected chi connectivity index (χ0v) is 11.6. The Kier molecular flexibility index (Phi) is 6.60. The second kappa shape index (κ2) is 7.96. The number of hydrogen-bond acceptors (Lipinski definition) is 4. The number of hydrogen-bond donors (Lipinski definition) is 2. The minimum Gasteiger partial charge on any atom is -0.455 e. The van der Waals surface area contributed by atoms with Gasteiger partial charge in [0.1, 0.15) is 11.9 Å². The third-order valence-electron chi connectivity index (χ3n) is 2.92. The van der Waals surface area contributed by atoms with Gasteiger partial charge < -0.3 is 14.8 Å². The molecule has 1 atom stereocenters. The van der Waals surface area contributed by atoms with Crippen LogP contribution in [-0.2, 0) is 6.54 Å². The van der Waals surface area contributed by atoms with Crippen LogP contribution in [0.3, 0.4) is 0 Å². The van der Waals surface area contributed by atoms with Gasteiger partial charge in [-0.15, -0.1) is 0 Å². The van der Waals surface area contributed by atoms with Crippen LogP contribution in [0.1, 0.15) is 30.2 Å². The van der Waals surface area contributed by atoms with Crippen LogP contribution in [0.5, 0.6) is 0 Å². The number of carbonyl (C=O) groups excluding carboxylic acids is 1. The molecule has 1 aromatic rings. The van der Waals surface area contributed by atoms with Crippen LogP contribution in [0, 0.1) is 0 Å². The molecule has 1 unspecified atom stereocenters. The van der Waals surface area contributed by atoms with E-state index in [-0.39, 0.29) is 5.76 Å². The summed E-state index contributed by atoms with van der Waals surface area (Å²) in [6.45, 7) is 5.83. The summed E-state index contributed by atoms with van der Waals surface area (Å²) in [6.07, 6.45) is -4.76. The zero-order valence-electron chi connectivity index (χ0n) is 11.6. The van der Waals surface area contributed by atoms with E-state index in [1.165, 1.54) is 6.07 Å². The maximum absolute atomic E-state index is 12.1. The van der Waals surface area contributed by atoms with E-state index >= 15 is 0 Å². The number of nitrogens with zero attached hydrogens (tertiary/aromatic N) is 1. The molecule has 20 heavy (non-hydrogen) atoms. The van der Waals surface area contributed by atoms with E-state index in [1.54, 1.807) is 6.07 Å². The van der Waals surface area contributed by atoms with Crippen molar-refractivity contribution in [2.24, 2.45) is 0 Å². The largest absolute Gasteiger partial charge is 0.455 e. The van der Waals surface area contributed by atoms with Gasteiger partial charge in [-0.1, -0.05) is 13.8 Å². The first-order chi connectivity index (χ1) is 9.47. The van der Waals surface area contributed by atoms with E-state index in [9.17, 15) is 13.6 Å². The Morgan fingerprint density at radius 3 is 2.60 bits per heavy atom. The Bertz CT molecular complexity index is 420. The number of aliphatic hydroxyl groups excluding tert-OH is 1. The predicted octanol–water partition coefficient (Wildman–Crippen LogP) is 1.48. The summed E-state index contributed by atoms with van der Waals surface area (Å²) in [6, 6.07) is 3.17. The fourth-order valence-corrected chi connectivity index (χ4v) is 1.63. The summed E-state index contributed by atoms with van der Waals surface area (Å²) < 4.78 is 29.5. The fourth-order valence-electron chi connectivity index (χ4n) is 1.63. The van der Waals surface area contributed by atoms with E-state index in [2.05, 4.69) is 10.2 Å². The molecular formula is C13H20F2N2O3. The number of alkyl halides is 2. The van der Waals surface area contributed by atoms with E-state index in [1.807, 2.05) is 13.8 Å². The van der Waals surface area contributed by atoms with Crippen molar-refractivity contribution in [3.8, 4) is 0 Å². The number of nitrogens with one attached hydrogen (secondary N) is 1. The van der Waals surface area contributed by atoms with Crippen LogP contribution in [-0.4, -0.2) is 48.1 Å². The average molecular weight is 290 g/mol. The van der Waals surface area contributed by atoms with Crippen LogP contribution in [0.25, 0.3) is 0 Å². The SMILES string of the molecule is CCN(CC)Cc1ccc(C(=O)NCC(O)C(F)F)o1. The lowest BCUT2D eigenvalue weighted by molar-refractivity contribution is -0.00284. The summed E-state index contributed by atoms with van der Waals surface area (Å²) in [7, 11) is 0. The van der Waals surface area contributed by atoms with Gasteiger partial charge in [0.2, 0.25) is 0 Å². The minimum atomic E-state index is -2.88. The Balaban J connectivity index is 2.51. The van der Waals surface area contributed by atoms with Crippen molar-refractivity contribution in [3.05, 3.63) is 23.7 Å². The number of carbonyl (C=O) groups is 1. The zero-order chi connectivity index (χ0) is 15.1. The molecule has 0 aliphatic carbocycles. The van der Waals surface area contributed by atoms with E-state index < -0.39 is 25.0 Å². The Labute approximate surface area is 116 Å². The van der Waals surface area contributed by atoms with Crippen molar-refractivity contribution >= 4 is 5.91 Å². The molecule has 1 aromatic heterocycles. The van der Waals surface area contributed by atoms with E-state index in [0.717, 1.165) is 13.1 Å². The van der Waals surface area contributed by atoms with Gasteiger partial charge in [0.05, 0.1) is 6.54 Å². The molecule has 1 rings (SSSR count). The molecule has 0 saturated carbocycles. The third kappa shape index (κ3) is 4.90. The molecular weight excluding hydrogens is 270 g/mol. The number of furan rings is 1. The number of amides is 1. The molecule has 0 saturated heterocycles. The molecule has 114 valence electrons. The molecule has 0 aliphatic heterocycles. The van der Waals surface area contributed by atoms with Crippen LogP contribution in [0.2, 0.25) is 0 Å². The molecule has 0 radical (unpaired) electrons. The Morgan fingerprint density at radius 2 is 2.05 bits per heavy atom. The maximum atomic E-state index is 12.1. The third-order valence-corrected chi connectivity index (χ3v) is 2.92. The fraction of sp³-hybridized carbons (Fsp3) is 0.615. The van der Waals surface area contributed by atoms with Gasteiger partial charge in [0.15, 0.2) is 5.76 Å². The minimum absolute atomic E-state index is 0.0497. The molecule has 0 aromatic carbocycles. The Hall–Kier alpha value is -1.47. The second-order valence-corrected chi connectivity index (χ2v) is 4.34. The van der Waals surface area contributed by atoms with E-state index in [4.69, 9.17) is 9.52 Å². The van der Waals surface area contributed by atoms with Gasteiger partial charge in [-0.05, 0) is 25.2 Å². The molecule has 1 heterocycles. The van der Waals surface area contributed by atoms with Crippen molar-refractivity contribution in [1.82, 2.24) is 10.2 Å². The van der Waals surface area contributed by atoms with Gasteiger partial charge in [-0.2, -0.15) is 0 Å². The quantitative estimate of drug-likeness (QED) is 0.761. The first kappa shape index (κ1) is 16.6. The maximum Gasteiger partial charge on any atom is 0.287 e. The lowest BCUT2D eigenvalue weighted by atomic mass is 10.3.